The number of ether oxygens (including phenoxy) is 1. The minimum Gasteiger partial charge on any atom is -0.415 e. The van der Waals surface area contributed by atoms with Crippen molar-refractivity contribution in [3.63, 3.8) is 0 Å². The summed E-state index contributed by atoms with van der Waals surface area (Å²) in [5.74, 6) is -0.356. The average molecular weight is 476 g/mol. The number of aromatic nitrogens is 1. The summed E-state index contributed by atoms with van der Waals surface area (Å²) in [6.45, 7) is 8.12. The SMILES string of the molecule is Cc1ccc(NC(=O)C2(c3ccccc3C(C)C)CN(CCCC(C)(C)O)C2)c(OC(F)F)n1. The molecule has 2 heterocycles. The monoisotopic (exact) mass is 475 g/mol. The van der Waals surface area contributed by atoms with Crippen LogP contribution in [0.2, 0.25) is 0 Å². The molecule has 8 heteroatoms. The summed E-state index contributed by atoms with van der Waals surface area (Å²) < 4.78 is 30.5. The van der Waals surface area contributed by atoms with Crippen LogP contribution in [-0.2, 0) is 10.2 Å². The number of halogens is 2. The molecule has 3 rings (SSSR count). The summed E-state index contributed by atoms with van der Waals surface area (Å²) in [4.78, 5) is 20.0. The van der Waals surface area contributed by atoms with Crippen molar-refractivity contribution in [2.45, 2.75) is 71.0 Å². The molecule has 6 nitrogen and oxygen atoms in total. The lowest BCUT2D eigenvalue weighted by Crippen LogP contribution is -2.65. The van der Waals surface area contributed by atoms with Gasteiger partial charge in [-0.1, -0.05) is 38.1 Å². The number of aryl methyl sites for hydroxylation is 1. The van der Waals surface area contributed by atoms with Gasteiger partial charge in [-0.25, -0.2) is 4.98 Å². The highest BCUT2D eigenvalue weighted by atomic mass is 19.3. The molecule has 0 radical (unpaired) electrons. The average Bonchev–Trinajstić information content (AvgIpc) is 2.70. The van der Waals surface area contributed by atoms with Crippen molar-refractivity contribution in [3.8, 4) is 5.88 Å². The lowest BCUT2D eigenvalue weighted by atomic mass is 9.69. The Morgan fingerprint density at radius 3 is 2.53 bits per heavy atom. The molecule has 1 amide bonds. The maximum Gasteiger partial charge on any atom is 0.388 e. The fourth-order valence-electron chi connectivity index (χ4n) is 4.53. The number of amides is 1. The summed E-state index contributed by atoms with van der Waals surface area (Å²) in [5, 5.41) is 12.8. The van der Waals surface area contributed by atoms with Crippen LogP contribution in [0.25, 0.3) is 0 Å². The first-order valence-corrected chi connectivity index (χ1v) is 11.7. The summed E-state index contributed by atoms with van der Waals surface area (Å²) in [7, 11) is 0. The van der Waals surface area contributed by atoms with Crippen LogP contribution in [0.1, 0.15) is 63.3 Å². The van der Waals surface area contributed by atoms with Crippen LogP contribution in [0.4, 0.5) is 14.5 Å². The predicted octanol–water partition coefficient (Wildman–Crippen LogP) is 4.86. The molecule has 0 aliphatic carbocycles. The smallest absolute Gasteiger partial charge is 0.388 e. The second kappa shape index (κ2) is 10.4. The minimum absolute atomic E-state index is 0.123. The topological polar surface area (TPSA) is 74.7 Å². The van der Waals surface area contributed by atoms with E-state index in [9.17, 15) is 18.7 Å². The number of carbonyl (C=O) groups is 1. The quantitative estimate of drug-likeness (QED) is 0.514. The number of hydrogen-bond acceptors (Lipinski definition) is 5. The summed E-state index contributed by atoms with van der Waals surface area (Å²) in [6, 6.07) is 11.1. The number of rotatable bonds is 10. The van der Waals surface area contributed by atoms with Crippen molar-refractivity contribution in [1.29, 1.82) is 0 Å². The van der Waals surface area contributed by atoms with Gasteiger partial charge in [0.15, 0.2) is 0 Å². The number of aliphatic hydroxyl groups is 1. The zero-order valence-corrected chi connectivity index (χ0v) is 20.6. The molecular weight excluding hydrogens is 440 g/mol. The Balaban J connectivity index is 1.88. The van der Waals surface area contributed by atoms with Gasteiger partial charge in [0.25, 0.3) is 0 Å². The Kier molecular flexibility index (Phi) is 7.93. The number of anilines is 1. The number of nitrogens with zero attached hydrogens (tertiary/aromatic N) is 2. The molecule has 1 saturated heterocycles. The zero-order valence-electron chi connectivity index (χ0n) is 20.6. The molecule has 0 spiro atoms. The molecule has 1 aliphatic rings. The van der Waals surface area contributed by atoms with Crippen molar-refractivity contribution in [1.82, 2.24) is 9.88 Å². The molecule has 1 aliphatic heterocycles. The Morgan fingerprint density at radius 2 is 1.91 bits per heavy atom. The summed E-state index contributed by atoms with van der Waals surface area (Å²) >= 11 is 0. The third kappa shape index (κ3) is 6.10. The maximum absolute atomic E-state index is 13.7. The van der Waals surface area contributed by atoms with Gasteiger partial charge in [0.05, 0.1) is 11.0 Å². The molecule has 2 N–H and O–H groups in total. The molecular formula is C26H35F2N3O3. The van der Waals surface area contributed by atoms with Crippen LogP contribution in [0, 0.1) is 6.92 Å². The number of benzene rings is 1. The molecule has 0 bridgehead atoms. The number of nitrogens with one attached hydrogen (secondary N) is 1. The van der Waals surface area contributed by atoms with E-state index in [2.05, 4.69) is 33.8 Å². The molecule has 0 atom stereocenters. The second-order valence-corrected chi connectivity index (χ2v) is 10.1. The number of carbonyl (C=O) groups excluding carboxylic acids is 1. The number of hydrogen-bond donors (Lipinski definition) is 2. The van der Waals surface area contributed by atoms with Gasteiger partial charge in [-0.05, 0) is 69.3 Å². The Labute approximate surface area is 200 Å². The van der Waals surface area contributed by atoms with Crippen molar-refractivity contribution in [2.75, 3.05) is 25.0 Å². The van der Waals surface area contributed by atoms with Crippen LogP contribution in [-0.4, -0.2) is 52.7 Å². The normalized spacial score (nSPS) is 15.9. The van der Waals surface area contributed by atoms with Gasteiger partial charge >= 0.3 is 6.61 Å². The molecule has 186 valence electrons. The number of alkyl halides is 2. The van der Waals surface area contributed by atoms with Crippen LogP contribution in [0.3, 0.4) is 0 Å². The summed E-state index contributed by atoms with van der Waals surface area (Å²) in [5.41, 5.74) is 1.09. The molecule has 0 unspecified atom stereocenters. The van der Waals surface area contributed by atoms with E-state index in [0.717, 1.165) is 24.1 Å². The van der Waals surface area contributed by atoms with Gasteiger partial charge < -0.3 is 20.1 Å². The molecule has 1 aromatic carbocycles. The standard InChI is InChI=1S/C26H35F2N3O3/c1-17(2)19-9-6-7-10-20(19)26(15-31(16-26)14-8-13-25(4,5)33)23(32)30-21-12-11-18(3)29-22(21)34-24(27)28/h6-7,9-12,17,24,33H,8,13-16H2,1-5H3,(H,30,32). The second-order valence-electron chi connectivity index (χ2n) is 10.1. The first-order valence-electron chi connectivity index (χ1n) is 11.7. The Bertz CT molecular complexity index is 999. The minimum atomic E-state index is -3.05. The highest BCUT2D eigenvalue weighted by molar-refractivity contribution is 6.01. The van der Waals surface area contributed by atoms with Crippen molar-refractivity contribution >= 4 is 11.6 Å². The maximum atomic E-state index is 13.7. The van der Waals surface area contributed by atoms with E-state index >= 15 is 0 Å². The Morgan fingerprint density at radius 1 is 1.24 bits per heavy atom. The van der Waals surface area contributed by atoms with Gasteiger partial charge in [-0.2, -0.15) is 8.78 Å². The highest BCUT2D eigenvalue weighted by Gasteiger charge is 2.51. The third-order valence-electron chi connectivity index (χ3n) is 6.23. The van der Waals surface area contributed by atoms with Gasteiger partial charge in [-0.3, -0.25) is 4.79 Å². The number of likely N-dealkylation sites (tertiary alicyclic amines) is 1. The predicted molar refractivity (Wildman–Crippen MR) is 128 cm³/mol. The first-order chi connectivity index (χ1) is 15.9. The van der Waals surface area contributed by atoms with Crippen LogP contribution < -0.4 is 10.1 Å². The van der Waals surface area contributed by atoms with Gasteiger partial charge in [-0.15, -0.1) is 0 Å². The molecule has 0 saturated carbocycles. The number of pyridine rings is 1. The van der Waals surface area contributed by atoms with Crippen molar-refractivity contribution in [3.05, 3.63) is 53.2 Å². The van der Waals surface area contributed by atoms with E-state index in [1.165, 1.54) is 0 Å². The van der Waals surface area contributed by atoms with Crippen molar-refractivity contribution < 1.29 is 23.4 Å². The van der Waals surface area contributed by atoms with E-state index in [-0.39, 0.29) is 23.4 Å². The van der Waals surface area contributed by atoms with Crippen LogP contribution in [0.5, 0.6) is 5.88 Å². The zero-order chi connectivity index (χ0) is 25.1. The van der Waals surface area contributed by atoms with Gasteiger partial charge in [0, 0.05) is 18.8 Å². The van der Waals surface area contributed by atoms with E-state index in [1.807, 2.05) is 24.3 Å². The fourth-order valence-corrected chi connectivity index (χ4v) is 4.53. The van der Waals surface area contributed by atoms with E-state index < -0.39 is 17.6 Å². The van der Waals surface area contributed by atoms with E-state index in [1.54, 1.807) is 32.9 Å². The van der Waals surface area contributed by atoms with Crippen molar-refractivity contribution in [2.24, 2.45) is 0 Å². The lowest BCUT2D eigenvalue weighted by Gasteiger charge is -2.50. The van der Waals surface area contributed by atoms with Gasteiger partial charge in [0.2, 0.25) is 11.8 Å². The first kappa shape index (κ1) is 26.0. The molecule has 34 heavy (non-hydrogen) atoms. The van der Waals surface area contributed by atoms with E-state index in [0.29, 0.717) is 25.2 Å². The Hall–Kier alpha value is -2.58. The summed E-state index contributed by atoms with van der Waals surface area (Å²) in [6.07, 6.45) is 1.47. The third-order valence-corrected chi connectivity index (χ3v) is 6.23. The highest BCUT2D eigenvalue weighted by Crippen LogP contribution is 2.40. The van der Waals surface area contributed by atoms with Crippen LogP contribution >= 0.6 is 0 Å². The van der Waals surface area contributed by atoms with Crippen LogP contribution in [0.15, 0.2) is 36.4 Å². The molecule has 2 aromatic rings. The van der Waals surface area contributed by atoms with E-state index in [4.69, 9.17) is 0 Å². The lowest BCUT2D eigenvalue weighted by molar-refractivity contribution is -0.128. The molecule has 1 aromatic heterocycles. The largest absolute Gasteiger partial charge is 0.415 e. The molecule has 1 fully saturated rings. The van der Waals surface area contributed by atoms with Gasteiger partial charge in [0.1, 0.15) is 5.69 Å². The fraction of sp³-hybridized carbons (Fsp3) is 0.538.